The van der Waals surface area contributed by atoms with E-state index >= 15 is 0 Å². The highest BCUT2D eigenvalue weighted by Gasteiger charge is 1.95. The van der Waals surface area contributed by atoms with Crippen molar-refractivity contribution in [3.8, 4) is 5.88 Å². The van der Waals surface area contributed by atoms with Crippen LogP contribution in [0.2, 0.25) is 0 Å². The van der Waals surface area contributed by atoms with Crippen molar-refractivity contribution in [2.24, 2.45) is 0 Å². The van der Waals surface area contributed by atoms with E-state index in [0.717, 1.165) is 5.16 Å². The third-order valence-electron chi connectivity index (χ3n) is 0.933. The van der Waals surface area contributed by atoms with Gasteiger partial charge in [0.1, 0.15) is 0 Å². The van der Waals surface area contributed by atoms with Gasteiger partial charge in [0.05, 0.1) is 13.3 Å². The Balaban J connectivity index is 2.74. The Hall–Kier alpha value is -0.640. The van der Waals surface area contributed by atoms with Crippen LogP contribution in [0.15, 0.2) is 11.4 Å². The van der Waals surface area contributed by atoms with Crippen LogP contribution in [0, 0.1) is 0 Å². The number of H-pyrrole nitrogens is 1. The van der Waals surface area contributed by atoms with Crippen molar-refractivity contribution >= 4 is 11.8 Å². The fraction of sp³-hybridized carbons (Fsp3) is 0.400. The number of thioether (sulfide) groups is 1. The molecule has 0 spiro atoms. The van der Waals surface area contributed by atoms with Gasteiger partial charge in [-0.25, -0.2) is 0 Å². The predicted octanol–water partition coefficient (Wildman–Crippen LogP) is 1.14. The highest BCUT2D eigenvalue weighted by molar-refractivity contribution is 7.98. The molecule has 9 heavy (non-hydrogen) atoms. The number of imidazole rings is 1. The fourth-order valence-electron chi connectivity index (χ4n) is 0.497. The second kappa shape index (κ2) is 2.77. The van der Waals surface area contributed by atoms with Crippen molar-refractivity contribution in [2.45, 2.75) is 5.16 Å². The SMILES string of the molecule is COc1c[nH]c(SC)n1. The van der Waals surface area contributed by atoms with Crippen molar-refractivity contribution in [2.75, 3.05) is 13.4 Å². The van der Waals surface area contributed by atoms with Crippen LogP contribution >= 0.6 is 11.8 Å². The molecule has 1 N–H and O–H groups in total. The number of ether oxygens (including phenoxy) is 1. The molecule has 0 amide bonds. The van der Waals surface area contributed by atoms with E-state index in [9.17, 15) is 0 Å². The van der Waals surface area contributed by atoms with E-state index in [1.165, 1.54) is 0 Å². The molecular weight excluding hydrogens is 136 g/mol. The van der Waals surface area contributed by atoms with Crippen molar-refractivity contribution in [1.82, 2.24) is 9.97 Å². The largest absolute Gasteiger partial charge is 0.480 e. The molecule has 0 radical (unpaired) electrons. The van der Waals surface area contributed by atoms with Gasteiger partial charge in [-0.15, -0.1) is 0 Å². The Kier molecular flexibility index (Phi) is 2.00. The van der Waals surface area contributed by atoms with Gasteiger partial charge < -0.3 is 9.72 Å². The van der Waals surface area contributed by atoms with Gasteiger partial charge >= 0.3 is 0 Å². The van der Waals surface area contributed by atoms with Gasteiger partial charge in [0.2, 0.25) is 5.88 Å². The lowest BCUT2D eigenvalue weighted by atomic mass is 10.9. The normalized spacial score (nSPS) is 9.56. The van der Waals surface area contributed by atoms with Gasteiger partial charge in [-0.05, 0) is 6.26 Å². The molecule has 1 aromatic heterocycles. The van der Waals surface area contributed by atoms with Gasteiger partial charge in [-0.2, -0.15) is 4.98 Å². The smallest absolute Gasteiger partial charge is 0.232 e. The Labute approximate surface area is 57.8 Å². The maximum atomic E-state index is 4.84. The summed E-state index contributed by atoms with van der Waals surface area (Å²) in [6.45, 7) is 0. The third-order valence-corrected chi connectivity index (χ3v) is 1.53. The Morgan fingerprint density at radius 3 is 2.89 bits per heavy atom. The lowest BCUT2D eigenvalue weighted by molar-refractivity contribution is 0.398. The van der Waals surface area contributed by atoms with Crippen LogP contribution < -0.4 is 4.74 Å². The molecule has 0 atom stereocenters. The quantitative estimate of drug-likeness (QED) is 0.632. The lowest BCUT2D eigenvalue weighted by Gasteiger charge is -1.86. The number of nitrogens with zero attached hydrogens (tertiary/aromatic N) is 1. The summed E-state index contributed by atoms with van der Waals surface area (Å²) in [5.41, 5.74) is 0. The molecule has 1 aromatic rings. The second-order valence-electron chi connectivity index (χ2n) is 1.45. The molecule has 0 saturated carbocycles. The summed E-state index contributed by atoms with van der Waals surface area (Å²) in [5, 5.41) is 0.881. The Morgan fingerprint density at radius 2 is 2.56 bits per heavy atom. The number of rotatable bonds is 2. The van der Waals surface area contributed by atoms with Crippen molar-refractivity contribution in [3.63, 3.8) is 0 Å². The molecule has 0 aliphatic heterocycles. The van der Waals surface area contributed by atoms with Crippen molar-refractivity contribution in [1.29, 1.82) is 0 Å². The van der Waals surface area contributed by atoms with Crippen LogP contribution in [0.5, 0.6) is 5.88 Å². The summed E-state index contributed by atoms with van der Waals surface area (Å²) in [6.07, 6.45) is 3.68. The van der Waals surface area contributed by atoms with Crippen LogP contribution in [0.4, 0.5) is 0 Å². The van der Waals surface area contributed by atoms with Crippen LogP contribution in [-0.2, 0) is 0 Å². The number of aromatic amines is 1. The first kappa shape index (κ1) is 6.48. The van der Waals surface area contributed by atoms with Crippen LogP contribution in [0.25, 0.3) is 0 Å². The molecule has 1 heterocycles. The zero-order valence-corrected chi connectivity index (χ0v) is 6.16. The average Bonchev–Trinajstić information content (AvgIpc) is 2.34. The molecule has 3 nitrogen and oxygen atoms in total. The minimum Gasteiger partial charge on any atom is -0.480 e. The van der Waals surface area contributed by atoms with Gasteiger partial charge in [0.15, 0.2) is 5.16 Å². The summed E-state index contributed by atoms with van der Waals surface area (Å²) >= 11 is 1.56. The predicted molar refractivity (Wildman–Crippen MR) is 36.9 cm³/mol. The topological polar surface area (TPSA) is 37.9 Å². The molecule has 0 saturated heterocycles. The van der Waals surface area contributed by atoms with Crippen molar-refractivity contribution < 1.29 is 4.74 Å². The minimum absolute atomic E-state index is 0.638. The first-order chi connectivity index (χ1) is 4.36. The van der Waals surface area contributed by atoms with Crippen LogP contribution in [0.3, 0.4) is 0 Å². The summed E-state index contributed by atoms with van der Waals surface area (Å²) in [5.74, 6) is 0.638. The van der Waals surface area contributed by atoms with Gasteiger partial charge in [0, 0.05) is 0 Å². The summed E-state index contributed by atoms with van der Waals surface area (Å²) in [7, 11) is 1.60. The standard InChI is InChI=1S/C5H8N2OS/c1-8-4-3-6-5(7-4)9-2/h3H,1-2H3,(H,6,7). The molecule has 50 valence electrons. The zero-order chi connectivity index (χ0) is 6.69. The second-order valence-corrected chi connectivity index (χ2v) is 2.25. The first-order valence-electron chi connectivity index (χ1n) is 2.50. The zero-order valence-electron chi connectivity index (χ0n) is 5.34. The molecule has 0 unspecified atom stereocenters. The van der Waals surface area contributed by atoms with E-state index in [-0.39, 0.29) is 0 Å². The van der Waals surface area contributed by atoms with Crippen molar-refractivity contribution in [3.05, 3.63) is 6.20 Å². The monoisotopic (exact) mass is 144 g/mol. The molecule has 0 aromatic carbocycles. The fourth-order valence-corrected chi connectivity index (χ4v) is 0.855. The number of nitrogens with one attached hydrogen (secondary N) is 1. The summed E-state index contributed by atoms with van der Waals surface area (Å²) in [4.78, 5) is 6.97. The Bertz CT molecular complexity index is 168. The number of hydrogen-bond donors (Lipinski definition) is 1. The minimum atomic E-state index is 0.638. The van der Waals surface area contributed by atoms with E-state index < -0.39 is 0 Å². The molecule has 0 aliphatic carbocycles. The molecule has 0 fully saturated rings. The van der Waals surface area contributed by atoms with Gasteiger partial charge in [-0.1, -0.05) is 11.8 Å². The van der Waals surface area contributed by atoms with Gasteiger partial charge in [-0.3, -0.25) is 0 Å². The Morgan fingerprint density at radius 1 is 1.78 bits per heavy atom. The summed E-state index contributed by atoms with van der Waals surface area (Å²) in [6, 6.07) is 0. The molecule has 0 aliphatic rings. The van der Waals surface area contributed by atoms with E-state index in [0.29, 0.717) is 5.88 Å². The van der Waals surface area contributed by atoms with Crippen LogP contribution in [0.1, 0.15) is 0 Å². The molecule has 1 rings (SSSR count). The maximum absolute atomic E-state index is 4.84. The van der Waals surface area contributed by atoms with E-state index in [1.807, 2.05) is 6.26 Å². The number of aromatic nitrogens is 2. The highest BCUT2D eigenvalue weighted by Crippen LogP contribution is 2.12. The average molecular weight is 144 g/mol. The summed E-state index contributed by atoms with van der Waals surface area (Å²) < 4.78 is 4.84. The molecule has 0 bridgehead atoms. The lowest BCUT2D eigenvalue weighted by Crippen LogP contribution is -1.80. The molecule has 4 heteroatoms. The van der Waals surface area contributed by atoms with Gasteiger partial charge in [0.25, 0.3) is 0 Å². The van der Waals surface area contributed by atoms with E-state index in [2.05, 4.69) is 9.97 Å². The third kappa shape index (κ3) is 1.38. The number of methoxy groups -OCH3 is 1. The van der Waals surface area contributed by atoms with E-state index in [1.54, 1.807) is 25.1 Å². The number of hydrogen-bond acceptors (Lipinski definition) is 3. The van der Waals surface area contributed by atoms with Crippen LogP contribution in [-0.4, -0.2) is 23.3 Å². The highest BCUT2D eigenvalue weighted by atomic mass is 32.2. The first-order valence-corrected chi connectivity index (χ1v) is 3.72. The molecular formula is C5H8N2OS. The maximum Gasteiger partial charge on any atom is 0.232 e. The van der Waals surface area contributed by atoms with E-state index in [4.69, 9.17) is 4.74 Å².